The van der Waals surface area contributed by atoms with Gasteiger partial charge in [-0.2, -0.15) is 0 Å². The first kappa shape index (κ1) is 16.0. The van der Waals surface area contributed by atoms with Crippen LogP contribution in [0.4, 0.5) is 5.82 Å². The van der Waals surface area contributed by atoms with E-state index in [0.29, 0.717) is 5.82 Å². The van der Waals surface area contributed by atoms with E-state index in [1.54, 1.807) is 6.20 Å². The molecular weight excluding hydrogens is 265 g/mol. The van der Waals surface area contributed by atoms with E-state index in [1.165, 1.54) is 0 Å². The Morgan fingerprint density at radius 2 is 1.81 bits per heavy atom. The fraction of sp³-hybridized carbons (Fsp3) is 0.533. The Labute approximate surface area is 126 Å². The molecule has 21 heavy (non-hydrogen) atoms. The third-order valence-corrected chi connectivity index (χ3v) is 4.18. The van der Waals surface area contributed by atoms with Crippen LogP contribution in [0.5, 0.6) is 0 Å². The molecule has 1 aliphatic rings. The highest BCUT2D eigenvalue weighted by molar-refractivity contribution is 6.52. The van der Waals surface area contributed by atoms with Gasteiger partial charge in [-0.15, -0.1) is 0 Å². The third-order valence-electron chi connectivity index (χ3n) is 4.18. The minimum absolute atomic E-state index is 0.150. The van der Waals surface area contributed by atoms with Crippen LogP contribution >= 0.6 is 0 Å². The van der Waals surface area contributed by atoms with E-state index in [9.17, 15) is 0 Å². The summed E-state index contributed by atoms with van der Waals surface area (Å²) >= 11 is 0. The second-order valence-corrected chi connectivity index (χ2v) is 6.52. The van der Waals surface area contributed by atoms with Gasteiger partial charge in [0, 0.05) is 17.8 Å². The van der Waals surface area contributed by atoms with Crippen LogP contribution in [-0.2, 0) is 9.31 Å². The fourth-order valence-corrected chi connectivity index (χ4v) is 2.12. The molecule has 1 aliphatic heterocycles. The van der Waals surface area contributed by atoms with Crippen LogP contribution in [0.15, 0.2) is 18.2 Å². The van der Waals surface area contributed by atoms with Gasteiger partial charge in [-0.1, -0.05) is 12.1 Å². The van der Waals surface area contributed by atoms with Crippen molar-refractivity contribution in [2.24, 2.45) is 5.73 Å². The Bertz CT molecular complexity index is 540. The van der Waals surface area contributed by atoms with Crippen molar-refractivity contribution in [2.45, 2.75) is 51.9 Å². The second kappa shape index (κ2) is 5.44. The number of anilines is 1. The summed E-state index contributed by atoms with van der Waals surface area (Å²) in [5, 5.41) is 0. The van der Waals surface area contributed by atoms with Gasteiger partial charge in [0.25, 0.3) is 0 Å². The third kappa shape index (κ3) is 3.28. The molecule has 0 saturated carbocycles. The van der Waals surface area contributed by atoms with E-state index in [2.05, 4.69) is 4.98 Å². The molecule has 0 aromatic carbocycles. The molecule has 1 saturated heterocycles. The fourth-order valence-electron chi connectivity index (χ4n) is 2.12. The average Bonchev–Trinajstić information content (AvgIpc) is 2.56. The molecule has 0 amide bonds. The summed E-state index contributed by atoms with van der Waals surface area (Å²) in [5.41, 5.74) is 12.8. The first-order chi connectivity index (χ1) is 9.62. The molecular formula is C15H24BN3O2. The molecule has 0 aliphatic carbocycles. The Balaban J connectivity index is 2.15. The van der Waals surface area contributed by atoms with Gasteiger partial charge in [-0.25, -0.2) is 4.98 Å². The van der Waals surface area contributed by atoms with Crippen LogP contribution in [-0.4, -0.2) is 23.3 Å². The zero-order chi connectivity index (χ0) is 15.8. The minimum atomic E-state index is -0.369. The summed E-state index contributed by atoms with van der Waals surface area (Å²) in [6.45, 7) is 9.99. The van der Waals surface area contributed by atoms with Gasteiger partial charge < -0.3 is 20.8 Å². The standard InChI is InChI=1S/C15H24BN3O2/c1-10(17)12-8-11(9-19-13(12)18)6-7-16-20-14(2,3)15(4,5)21-16/h6-10H,17H2,1-5H3,(H2,18,19)/b7-6+/t10-/m0/s1. The number of nitrogens with two attached hydrogens (primary N) is 2. The number of aromatic nitrogens is 1. The molecule has 6 heteroatoms. The van der Waals surface area contributed by atoms with Crippen LogP contribution in [0.25, 0.3) is 6.08 Å². The van der Waals surface area contributed by atoms with Crippen molar-refractivity contribution in [1.82, 2.24) is 4.98 Å². The molecule has 5 nitrogen and oxygen atoms in total. The van der Waals surface area contributed by atoms with Gasteiger partial charge >= 0.3 is 7.12 Å². The van der Waals surface area contributed by atoms with Gasteiger partial charge in [0.1, 0.15) is 5.82 Å². The van der Waals surface area contributed by atoms with E-state index >= 15 is 0 Å². The maximum Gasteiger partial charge on any atom is 0.487 e. The van der Waals surface area contributed by atoms with Crippen molar-refractivity contribution in [3.05, 3.63) is 29.4 Å². The molecule has 1 atom stereocenters. The van der Waals surface area contributed by atoms with Crippen LogP contribution in [0.2, 0.25) is 0 Å². The van der Waals surface area contributed by atoms with Gasteiger partial charge in [0.15, 0.2) is 0 Å². The predicted octanol–water partition coefficient (Wildman–Crippen LogP) is 2.33. The molecule has 0 unspecified atom stereocenters. The Hall–Kier alpha value is -1.37. The quantitative estimate of drug-likeness (QED) is 0.834. The predicted molar refractivity (Wildman–Crippen MR) is 86.4 cm³/mol. The van der Waals surface area contributed by atoms with E-state index in [1.807, 2.05) is 52.7 Å². The van der Waals surface area contributed by atoms with E-state index in [0.717, 1.165) is 11.1 Å². The highest BCUT2D eigenvalue weighted by Crippen LogP contribution is 2.37. The molecule has 114 valence electrons. The average molecular weight is 289 g/mol. The summed E-state index contributed by atoms with van der Waals surface area (Å²) < 4.78 is 11.8. The number of hydrogen-bond acceptors (Lipinski definition) is 5. The SMILES string of the molecule is C[C@H](N)c1cc(/C=C/B2OC(C)(C)C(C)(C)O2)cnc1N. The van der Waals surface area contributed by atoms with Crippen molar-refractivity contribution >= 4 is 19.0 Å². The highest BCUT2D eigenvalue weighted by Gasteiger charge is 2.49. The van der Waals surface area contributed by atoms with E-state index < -0.39 is 0 Å². The van der Waals surface area contributed by atoms with E-state index in [-0.39, 0.29) is 24.4 Å². The summed E-state index contributed by atoms with van der Waals surface area (Å²) in [7, 11) is -0.369. The van der Waals surface area contributed by atoms with Crippen LogP contribution < -0.4 is 11.5 Å². The van der Waals surface area contributed by atoms with Crippen molar-refractivity contribution in [3.8, 4) is 0 Å². The number of nitrogen functional groups attached to an aromatic ring is 1. The monoisotopic (exact) mass is 289 g/mol. The number of hydrogen-bond donors (Lipinski definition) is 2. The summed E-state index contributed by atoms with van der Waals surface area (Å²) in [4.78, 5) is 4.17. The first-order valence-corrected chi connectivity index (χ1v) is 7.17. The molecule has 0 radical (unpaired) electrons. The summed E-state index contributed by atoms with van der Waals surface area (Å²) in [5.74, 6) is 2.35. The zero-order valence-electron chi connectivity index (χ0n) is 13.4. The smallest absolute Gasteiger partial charge is 0.400 e. The maximum atomic E-state index is 5.91. The van der Waals surface area contributed by atoms with Crippen molar-refractivity contribution < 1.29 is 9.31 Å². The topological polar surface area (TPSA) is 83.4 Å². The van der Waals surface area contributed by atoms with E-state index in [4.69, 9.17) is 20.8 Å². The lowest BCUT2D eigenvalue weighted by molar-refractivity contribution is 0.00578. The lowest BCUT2D eigenvalue weighted by Gasteiger charge is -2.32. The molecule has 0 bridgehead atoms. The normalized spacial score (nSPS) is 21.9. The highest BCUT2D eigenvalue weighted by atomic mass is 16.7. The van der Waals surface area contributed by atoms with Crippen molar-refractivity contribution in [2.75, 3.05) is 5.73 Å². The number of nitrogens with zero attached hydrogens (tertiary/aromatic N) is 1. The molecule has 0 spiro atoms. The van der Waals surface area contributed by atoms with Gasteiger partial charge in [0.2, 0.25) is 0 Å². The van der Waals surface area contributed by atoms with Gasteiger partial charge in [0.05, 0.1) is 11.2 Å². The lowest BCUT2D eigenvalue weighted by Crippen LogP contribution is -2.41. The summed E-state index contributed by atoms with van der Waals surface area (Å²) in [6, 6.07) is 1.79. The molecule has 2 rings (SSSR count). The Morgan fingerprint density at radius 1 is 1.24 bits per heavy atom. The van der Waals surface area contributed by atoms with Crippen molar-refractivity contribution in [3.63, 3.8) is 0 Å². The summed E-state index contributed by atoms with van der Waals surface area (Å²) in [6.07, 6.45) is 3.63. The Morgan fingerprint density at radius 3 is 2.33 bits per heavy atom. The van der Waals surface area contributed by atoms with Crippen LogP contribution in [0.3, 0.4) is 0 Å². The molecule has 1 aromatic rings. The minimum Gasteiger partial charge on any atom is -0.400 e. The van der Waals surface area contributed by atoms with Crippen LogP contribution in [0, 0.1) is 0 Å². The zero-order valence-corrected chi connectivity index (χ0v) is 13.4. The molecule has 4 N–H and O–H groups in total. The maximum absolute atomic E-state index is 5.91. The van der Waals surface area contributed by atoms with Gasteiger partial charge in [-0.05, 0) is 46.2 Å². The largest absolute Gasteiger partial charge is 0.487 e. The lowest BCUT2D eigenvalue weighted by atomic mass is 9.89. The molecule has 2 heterocycles. The Kier molecular flexibility index (Phi) is 4.15. The number of rotatable bonds is 3. The van der Waals surface area contributed by atoms with Gasteiger partial charge in [-0.3, -0.25) is 0 Å². The number of pyridine rings is 1. The second-order valence-electron chi connectivity index (χ2n) is 6.52. The molecule has 1 fully saturated rings. The van der Waals surface area contributed by atoms with Crippen molar-refractivity contribution in [1.29, 1.82) is 0 Å². The molecule has 1 aromatic heterocycles. The van der Waals surface area contributed by atoms with Crippen LogP contribution in [0.1, 0.15) is 51.8 Å². The first-order valence-electron chi connectivity index (χ1n) is 7.17.